The van der Waals surface area contributed by atoms with Crippen molar-refractivity contribution in [3.63, 3.8) is 0 Å². The lowest BCUT2D eigenvalue weighted by atomic mass is 10.1. The van der Waals surface area contributed by atoms with Crippen LogP contribution in [-0.2, 0) is 9.59 Å². The fourth-order valence-corrected chi connectivity index (χ4v) is 0.253. The molecule has 0 aromatic rings. The third kappa shape index (κ3) is 1.69. The van der Waals surface area contributed by atoms with E-state index in [0.29, 0.717) is 6.29 Å². The molecule has 1 unspecified atom stereocenters. The van der Waals surface area contributed by atoms with Gasteiger partial charge in [-0.15, -0.1) is 0 Å². The molecule has 0 aromatic heterocycles. The van der Waals surface area contributed by atoms with Crippen LogP contribution in [0.3, 0.4) is 0 Å². The summed E-state index contributed by atoms with van der Waals surface area (Å²) in [4.78, 5) is 20.2. The van der Waals surface area contributed by atoms with Gasteiger partial charge in [0.05, 0.1) is 5.92 Å². The fourth-order valence-electron chi connectivity index (χ4n) is 0.253. The molecule has 0 spiro atoms. The molecule has 0 saturated heterocycles. The lowest BCUT2D eigenvalue weighted by molar-refractivity contribution is -0.123. The normalized spacial score (nSPS) is 12.1. The maximum atomic E-state index is 10.4. The monoisotopic (exact) mass is 112 g/mol. The number of hydrogen-bond donors (Lipinski definition) is 0. The summed E-state index contributed by atoms with van der Waals surface area (Å²) < 4.78 is 0. The van der Waals surface area contributed by atoms with Gasteiger partial charge in [-0.2, -0.15) is 0 Å². The van der Waals surface area contributed by atoms with E-state index in [0.717, 1.165) is 6.08 Å². The highest BCUT2D eigenvalue weighted by Gasteiger charge is 2.04. The summed E-state index contributed by atoms with van der Waals surface area (Å²) in [6.45, 7) is 4.76. The molecule has 8 heavy (non-hydrogen) atoms. The number of carbonyl (C=O) groups is 2. The number of hydrogen-bond acceptors (Lipinski definition) is 2. The van der Waals surface area contributed by atoms with Gasteiger partial charge < -0.3 is 4.79 Å². The second kappa shape index (κ2) is 3.13. The van der Waals surface area contributed by atoms with Crippen molar-refractivity contribution in [2.75, 3.05) is 0 Å². The molecule has 0 amide bonds. The topological polar surface area (TPSA) is 34.1 Å². The largest absolute Gasteiger partial charge is 0.303 e. The first-order valence-corrected chi connectivity index (χ1v) is 2.34. The number of carbonyl (C=O) groups excluding carboxylic acids is 2. The minimum atomic E-state index is -0.521. The molecule has 2 nitrogen and oxygen atoms in total. The van der Waals surface area contributed by atoms with Crippen LogP contribution in [0.1, 0.15) is 6.92 Å². The highest BCUT2D eigenvalue weighted by molar-refractivity contribution is 5.99. The fraction of sp³-hybridized carbons (Fsp3) is 0.333. The average Bonchev–Trinajstić information content (AvgIpc) is 1.84. The standard InChI is InChI=1S/C6H8O2/c1-3-6(8)5(2)4-7/h3-5H,1H2,2H3. The number of rotatable bonds is 3. The Morgan fingerprint density at radius 3 is 2.38 bits per heavy atom. The van der Waals surface area contributed by atoms with Gasteiger partial charge in [0.25, 0.3) is 0 Å². The maximum absolute atomic E-state index is 10.4. The van der Waals surface area contributed by atoms with Crippen LogP contribution in [-0.4, -0.2) is 12.1 Å². The van der Waals surface area contributed by atoms with E-state index in [2.05, 4.69) is 6.58 Å². The summed E-state index contributed by atoms with van der Waals surface area (Å²) in [6.07, 6.45) is 1.75. The van der Waals surface area contributed by atoms with E-state index >= 15 is 0 Å². The second-order valence-electron chi connectivity index (χ2n) is 1.53. The highest BCUT2D eigenvalue weighted by atomic mass is 16.1. The van der Waals surface area contributed by atoms with Crippen molar-refractivity contribution < 1.29 is 9.59 Å². The molecule has 0 rings (SSSR count). The Balaban J connectivity index is 3.80. The zero-order chi connectivity index (χ0) is 6.57. The van der Waals surface area contributed by atoms with Gasteiger partial charge in [0.15, 0.2) is 5.78 Å². The quantitative estimate of drug-likeness (QED) is 0.304. The van der Waals surface area contributed by atoms with E-state index in [-0.39, 0.29) is 5.78 Å². The summed E-state index contributed by atoms with van der Waals surface area (Å²) >= 11 is 0. The van der Waals surface area contributed by atoms with Gasteiger partial charge in [-0.3, -0.25) is 4.79 Å². The molecule has 2 heteroatoms. The average molecular weight is 112 g/mol. The van der Waals surface area contributed by atoms with Crippen LogP contribution in [0.15, 0.2) is 12.7 Å². The highest BCUT2D eigenvalue weighted by Crippen LogP contribution is 1.90. The summed E-state index contributed by atoms with van der Waals surface area (Å²) in [5.41, 5.74) is 0. The summed E-state index contributed by atoms with van der Waals surface area (Å²) in [6, 6.07) is 0. The first kappa shape index (κ1) is 7.08. The molecule has 0 aliphatic heterocycles. The Bertz CT molecular complexity index is 116. The Hall–Kier alpha value is -0.920. The molecule has 0 N–H and O–H groups in total. The predicted molar refractivity (Wildman–Crippen MR) is 30.4 cm³/mol. The van der Waals surface area contributed by atoms with Crippen LogP contribution in [0.4, 0.5) is 0 Å². The molecule has 0 radical (unpaired) electrons. The van der Waals surface area contributed by atoms with E-state index < -0.39 is 5.92 Å². The van der Waals surface area contributed by atoms with Crippen molar-refractivity contribution in [1.82, 2.24) is 0 Å². The van der Waals surface area contributed by atoms with E-state index in [1.807, 2.05) is 0 Å². The van der Waals surface area contributed by atoms with Gasteiger partial charge in [0, 0.05) is 0 Å². The molecule has 44 valence electrons. The zero-order valence-corrected chi connectivity index (χ0v) is 4.76. The van der Waals surface area contributed by atoms with E-state index in [4.69, 9.17) is 0 Å². The van der Waals surface area contributed by atoms with Crippen molar-refractivity contribution in [2.24, 2.45) is 5.92 Å². The molecule has 0 bridgehead atoms. The van der Waals surface area contributed by atoms with E-state index in [1.165, 1.54) is 6.92 Å². The van der Waals surface area contributed by atoms with Crippen molar-refractivity contribution in [3.05, 3.63) is 12.7 Å². The Morgan fingerprint density at radius 1 is 1.75 bits per heavy atom. The molecule has 0 fully saturated rings. The summed E-state index contributed by atoms with van der Waals surface area (Å²) in [7, 11) is 0. The van der Waals surface area contributed by atoms with Crippen LogP contribution in [0, 0.1) is 5.92 Å². The first-order chi connectivity index (χ1) is 3.72. The van der Waals surface area contributed by atoms with Gasteiger partial charge in [-0.25, -0.2) is 0 Å². The molecule has 0 heterocycles. The third-order valence-electron chi connectivity index (χ3n) is 0.854. The SMILES string of the molecule is C=CC(=O)C(C)C=O. The van der Waals surface area contributed by atoms with Gasteiger partial charge >= 0.3 is 0 Å². The lowest BCUT2D eigenvalue weighted by Gasteiger charge is -1.91. The molecular weight excluding hydrogens is 104 g/mol. The Labute approximate surface area is 48.2 Å². The number of ketones is 1. The maximum Gasteiger partial charge on any atom is 0.164 e. The van der Waals surface area contributed by atoms with Crippen LogP contribution in [0.5, 0.6) is 0 Å². The van der Waals surface area contributed by atoms with Crippen LogP contribution >= 0.6 is 0 Å². The van der Waals surface area contributed by atoms with Gasteiger partial charge in [-0.1, -0.05) is 6.58 Å². The van der Waals surface area contributed by atoms with Gasteiger partial charge in [0.1, 0.15) is 6.29 Å². The molecule has 0 aromatic carbocycles. The van der Waals surface area contributed by atoms with E-state index in [1.54, 1.807) is 0 Å². The summed E-state index contributed by atoms with van der Waals surface area (Å²) in [5.74, 6) is -0.743. The molecular formula is C6H8O2. The summed E-state index contributed by atoms with van der Waals surface area (Å²) in [5, 5.41) is 0. The van der Waals surface area contributed by atoms with Gasteiger partial charge in [0.2, 0.25) is 0 Å². The minimum Gasteiger partial charge on any atom is -0.303 e. The molecule has 1 atom stereocenters. The van der Waals surface area contributed by atoms with Crippen LogP contribution in [0.2, 0.25) is 0 Å². The predicted octanol–water partition coefficient (Wildman–Crippen LogP) is 0.577. The van der Waals surface area contributed by atoms with Crippen molar-refractivity contribution in [1.29, 1.82) is 0 Å². The second-order valence-corrected chi connectivity index (χ2v) is 1.53. The van der Waals surface area contributed by atoms with E-state index in [9.17, 15) is 9.59 Å². The number of aldehydes is 1. The smallest absolute Gasteiger partial charge is 0.164 e. The van der Waals surface area contributed by atoms with Gasteiger partial charge in [-0.05, 0) is 13.0 Å². The molecule has 0 aliphatic carbocycles. The number of allylic oxidation sites excluding steroid dienone is 1. The molecule has 0 aliphatic rings. The third-order valence-corrected chi connectivity index (χ3v) is 0.854. The minimum absolute atomic E-state index is 0.222. The Kier molecular flexibility index (Phi) is 2.77. The molecule has 0 saturated carbocycles. The van der Waals surface area contributed by atoms with Crippen molar-refractivity contribution in [3.8, 4) is 0 Å². The van der Waals surface area contributed by atoms with Crippen molar-refractivity contribution in [2.45, 2.75) is 6.92 Å². The van der Waals surface area contributed by atoms with Crippen molar-refractivity contribution >= 4 is 12.1 Å². The first-order valence-electron chi connectivity index (χ1n) is 2.34. The Morgan fingerprint density at radius 2 is 2.25 bits per heavy atom. The lowest BCUT2D eigenvalue weighted by Crippen LogP contribution is -2.07. The zero-order valence-electron chi connectivity index (χ0n) is 4.76. The van der Waals surface area contributed by atoms with Crippen LogP contribution in [0.25, 0.3) is 0 Å². The van der Waals surface area contributed by atoms with Crippen LogP contribution < -0.4 is 0 Å².